The first-order valence-corrected chi connectivity index (χ1v) is 14.2. The average molecular weight is 572 g/mol. The molecule has 7 nitrogen and oxygen atoms in total. The van der Waals surface area contributed by atoms with Crippen molar-refractivity contribution < 1.29 is 19.1 Å². The minimum Gasteiger partial charge on any atom is -0.495 e. The summed E-state index contributed by atoms with van der Waals surface area (Å²) in [6, 6.07) is 20.1. The molecular weight excluding hydrogens is 546 g/mol. The quantitative estimate of drug-likeness (QED) is 0.262. The van der Waals surface area contributed by atoms with Crippen molar-refractivity contribution in [3.63, 3.8) is 0 Å². The van der Waals surface area contributed by atoms with Crippen LogP contribution in [0.5, 0.6) is 5.75 Å². The van der Waals surface area contributed by atoms with Gasteiger partial charge in [-0.15, -0.1) is 11.3 Å². The van der Waals surface area contributed by atoms with Crippen molar-refractivity contribution in [2.24, 2.45) is 5.41 Å². The molecule has 0 saturated heterocycles. The van der Waals surface area contributed by atoms with Gasteiger partial charge in [-0.2, -0.15) is 0 Å². The van der Waals surface area contributed by atoms with Gasteiger partial charge in [0.25, 0.3) is 5.91 Å². The zero-order chi connectivity index (χ0) is 28.0. The minimum absolute atomic E-state index is 0.128. The largest absolute Gasteiger partial charge is 0.495 e. The van der Waals surface area contributed by atoms with E-state index in [1.807, 2.05) is 42.6 Å². The Kier molecular flexibility index (Phi) is 6.68. The highest BCUT2D eigenvalue weighted by atomic mass is 35.5. The van der Waals surface area contributed by atoms with Gasteiger partial charge in [0.05, 0.1) is 23.2 Å². The highest BCUT2D eigenvalue weighted by molar-refractivity contribution is 7.14. The molecule has 2 N–H and O–H groups in total. The number of benzene rings is 3. The molecule has 1 saturated carbocycles. The molecule has 1 heterocycles. The van der Waals surface area contributed by atoms with Gasteiger partial charge in [-0.3, -0.25) is 14.4 Å². The number of ether oxygens (including phenoxy) is 1. The number of thiazole rings is 1. The Morgan fingerprint density at radius 2 is 1.85 bits per heavy atom. The first-order chi connectivity index (χ1) is 19.3. The number of amides is 2. The van der Waals surface area contributed by atoms with Crippen LogP contribution in [-0.4, -0.2) is 29.7 Å². The summed E-state index contributed by atoms with van der Waals surface area (Å²) in [5.74, 6) is -0.0810. The van der Waals surface area contributed by atoms with Crippen molar-refractivity contribution in [1.82, 2.24) is 4.98 Å². The highest BCUT2D eigenvalue weighted by Gasteiger charge is 2.54. The molecule has 0 radical (unpaired) electrons. The lowest BCUT2D eigenvalue weighted by Gasteiger charge is -2.48. The lowest BCUT2D eigenvalue weighted by atomic mass is 9.54. The van der Waals surface area contributed by atoms with Crippen LogP contribution >= 0.6 is 22.9 Å². The van der Waals surface area contributed by atoms with Crippen LogP contribution in [0.25, 0.3) is 11.3 Å². The van der Waals surface area contributed by atoms with Crippen molar-refractivity contribution in [3.05, 3.63) is 93.8 Å². The summed E-state index contributed by atoms with van der Waals surface area (Å²) in [5.41, 5.74) is 3.86. The zero-order valence-electron chi connectivity index (χ0n) is 21.9. The summed E-state index contributed by atoms with van der Waals surface area (Å²) in [4.78, 5) is 43.8. The maximum absolute atomic E-state index is 13.6. The normalized spacial score (nSPS) is 21.0. The van der Waals surface area contributed by atoms with E-state index in [1.54, 1.807) is 36.4 Å². The minimum atomic E-state index is -0.707. The van der Waals surface area contributed by atoms with Crippen LogP contribution < -0.4 is 15.4 Å². The summed E-state index contributed by atoms with van der Waals surface area (Å²) >= 11 is 7.51. The molecule has 3 aliphatic carbocycles. The van der Waals surface area contributed by atoms with Crippen LogP contribution in [0.1, 0.15) is 53.1 Å². The second-order valence-corrected chi connectivity index (χ2v) is 11.7. The molecule has 2 amide bonds. The highest BCUT2D eigenvalue weighted by Crippen LogP contribution is 2.57. The second-order valence-electron chi connectivity index (χ2n) is 10.4. The third-order valence-electron chi connectivity index (χ3n) is 8.01. The van der Waals surface area contributed by atoms with Crippen molar-refractivity contribution in [2.75, 3.05) is 17.7 Å². The maximum Gasteiger partial charge on any atom is 0.255 e. The Bertz CT molecular complexity index is 1670. The van der Waals surface area contributed by atoms with Gasteiger partial charge in [-0.05, 0) is 47.9 Å². The van der Waals surface area contributed by atoms with Gasteiger partial charge in [-0.25, -0.2) is 4.98 Å². The number of halogens is 1. The van der Waals surface area contributed by atoms with Crippen molar-refractivity contribution in [2.45, 2.75) is 31.6 Å². The van der Waals surface area contributed by atoms with Gasteiger partial charge >= 0.3 is 0 Å². The molecular formula is C31H26ClN3O4S. The van der Waals surface area contributed by atoms with E-state index in [1.165, 1.54) is 18.4 Å². The first kappa shape index (κ1) is 26.2. The Morgan fingerprint density at radius 3 is 2.62 bits per heavy atom. The van der Waals surface area contributed by atoms with Crippen LogP contribution in [0, 0.1) is 5.41 Å². The number of nitrogens with one attached hydrogen (secondary N) is 2. The Hall–Kier alpha value is -4.01. The second kappa shape index (κ2) is 10.2. The standard InChI is InChI=1S/C31H26ClN3O4S/c1-31(15-22-20-8-3-4-9-21(20)23(31)14-26(22)36)29(38)35-30-34-25(16-40-30)17-6-5-7-18(12-17)28(37)33-19-10-11-27(39-2)24(32)13-19/h3-13,16,22-23H,14-15H2,1-2H3,(H,33,37)(H,34,35,38). The van der Waals surface area contributed by atoms with Crippen molar-refractivity contribution in [1.29, 1.82) is 0 Å². The van der Waals surface area contributed by atoms with Crippen molar-refractivity contribution >= 4 is 51.4 Å². The molecule has 4 aromatic rings. The third-order valence-corrected chi connectivity index (χ3v) is 9.06. The number of carbonyl (C=O) groups is 3. The van der Waals surface area contributed by atoms with E-state index in [2.05, 4.69) is 15.6 Å². The predicted octanol–water partition coefficient (Wildman–Crippen LogP) is 6.91. The number of hydrogen-bond acceptors (Lipinski definition) is 6. The smallest absolute Gasteiger partial charge is 0.255 e. The van der Waals surface area contributed by atoms with E-state index < -0.39 is 5.41 Å². The number of ketones is 1. The number of carbonyl (C=O) groups excluding carboxylic acids is 3. The lowest BCUT2D eigenvalue weighted by Crippen LogP contribution is -2.49. The van der Waals surface area contributed by atoms with E-state index >= 15 is 0 Å². The summed E-state index contributed by atoms with van der Waals surface area (Å²) in [6.07, 6.45) is 0.875. The summed E-state index contributed by atoms with van der Waals surface area (Å²) in [5, 5.41) is 8.59. The molecule has 3 unspecified atom stereocenters. The van der Waals surface area contributed by atoms with Crippen molar-refractivity contribution in [3.8, 4) is 17.0 Å². The molecule has 2 bridgehead atoms. The molecule has 202 valence electrons. The van der Waals surface area contributed by atoms with E-state index in [-0.39, 0.29) is 29.4 Å². The van der Waals surface area contributed by atoms with Gasteiger partial charge in [0, 0.05) is 40.5 Å². The number of aromatic nitrogens is 1. The molecule has 9 heteroatoms. The molecule has 0 aliphatic heterocycles. The number of anilines is 2. The molecule has 40 heavy (non-hydrogen) atoms. The fourth-order valence-corrected chi connectivity index (χ4v) is 6.83. The molecule has 7 rings (SSSR count). The summed E-state index contributed by atoms with van der Waals surface area (Å²) < 4.78 is 5.16. The molecule has 0 spiro atoms. The molecule has 1 fully saturated rings. The van der Waals surface area contributed by atoms with E-state index in [4.69, 9.17) is 16.3 Å². The Balaban J connectivity index is 1.17. The maximum atomic E-state index is 13.6. The number of Topliss-reactive ketones (excluding diaryl/α,β-unsaturated/α-hetero) is 1. The Morgan fingerprint density at radius 1 is 1.05 bits per heavy atom. The predicted molar refractivity (Wildman–Crippen MR) is 156 cm³/mol. The van der Waals surface area contributed by atoms with Gasteiger partial charge < -0.3 is 15.4 Å². The number of fused-ring (bicyclic) bond motifs is 2. The SMILES string of the molecule is COc1ccc(NC(=O)c2cccc(-c3csc(NC(=O)C4(C)CC5C(=O)CC4c4ccccc45)n3)c2)cc1Cl. The number of nitrogens with zero attached hydrogens (tertiary/aromatic N) is 1. The molecule has 3 aromatic carbocycles. The van der Waals surface area contributed by atoms with Crippen LogP contribution in [0.3, 0.4) is 0 Å². The third kappa shape index (κ3) is 4.57. The zero-order valence-corrected chi connectivity index (χ0v) is 23.4. The topological polar surface area (TPSA) is 97.4 Å². The van der Waals surface area contributed by atoms with Gasteiger partial charge in [0.15, 0.2) is 5.13 Å². The van der Waals surface area contributed by atoms with E-state index in [0.29, 0.717) is 45.7 Å². The summed E-state index contributed by atoms with van der Waals surface area (Å²) in [6.45, 7) is 1.95. The molecule has 1 aromatic heterocycles. The number of hydrogen-bond donors (Lipinski definition) is 2. The lowest BCUT2D eigenvalue weighted by molar-refractivity contribution is -0.134. The van der Waals surface area contributed by atoms with E-state index in [9.17, 15) is 14.4 Å². The summed E-state index contributed by atoms with van der Waals surface area (Å²) in [7, 11) is 1.53. The van der Waals surface area contributed by atoms with Crippen LogP contribution in [-0.2, 0) is 9.59 Å². The van der Waals surface area contributed by atoms with Gasteiger partial charge in [-0.1, -0.05) is 54.9 Å². The monoisotopic (exact) mass is 571 g/mol. The number of rotatable bonds is 6. The molecule has 3 atom stereocenters. The van der Waals surface area contributed by atoms with Gasteiger partial charge in [0.2, 0.25) is 5.91 Å². The van der Waals surface area contributed by atoms with Gasteiger partial charge in [0.1, 0.15) is 11.5 Å². The van der Waals surface area contributed by atoms with E-state index in [0.717, 1.165) is 16.7 Å². The average Bonchev–Trinajstić information content (AvgIpc) is 3.43. The van der Waals surface area contributed by atoms with Crippen LogP contribution in [0.15, 0.2) is 72.1 Å². The number of methoxy groups -OCH3 is 1. The Labute approximate surface area is 240 Å². The molecule has 3 aliphatic rings. The fourth-order valence-electron chi connectivity index (χ4n) is 5.85. The van der Waals surface area contributed by atoms with Crippen LogP contribution in [0.2, 0.25) is 5.02 Å². The fraction of sp³-hybridized carbons (Fsp3) is 0.226. The first-order valence-electron chi connectivity index (χ1n) is 12.9. The van der Waals surface area contributed by atoms with Crippen LogP contribution in [0.4, 0.5) is 10.8 Å².